The monoisotopic (exact) mass is 239 g/mol. The highest BCUT2D eigenvalue weighted by molar-refractivity contribution is 5.12. The van der Waals surface area contributed by atoms with Crippen LogP contribution >= 0.6 is 0 Å². The van der Waals surface area contributed by atoms with Crippen molar-refractivity contribution in [2.75, 3.05) is 6.54 Å². The second-order valence-corrected chi connectivity index (χ2v) is 5.50. The minimum atomic E-state index is 0.129. The summed E-state index contributed by atoms with van der Waals surface area (Å²) in [5.74, 6) is 0.849. The Morgan fingerprint density at radius 2 is 2.18 bits per heavy atom. The fourth-order valence-corrected chi connectivity index (χ4v) is 1.48. The number of rotatable bonds is 6. The molecular weight excluding hydrogens is 214 g/mol. The Balaban J connectivity index is 2.36. The lowest BCUT2D eigenvalue weighted by Crippen LogP contribution is -2.41. The summed E-state index contributed by atoms with van der Waals surface area (Å²) >= 11 is 0. The van der Waals surface area contributed by atoms with Gasteiger partial charge < -0.3 is 10.1 Å². The van der Waals surface area contributed by atoms with Crippen LogP contribution in [0, 0.1) is 0 Å². The quantitative estimate of drug-likeness (QED) is 0.828. The molecule has 0 fully saturated rings. The molecule has 1 atom stereocenters. The summed E-state index contributed by atoms with van der Waals surface area (Å²) in [6.45, 7) is 12.4. The number of nitrogens with one attached hydrogen (secondary N) is 1. The van der Waals surface area contributed by atoms with Crippen molar-refractivity contribution in [3.63, 3.8) is 0 Å². The first-order valence-electron chi connectivity index (χ1n) is 6.35. The van der Waals surface area contributed by atoms with Crippen molar-refractivity contribution in [2.24, 2.45) is 0 Å². The van der Waals surface area contributed by atoms with Crippen LogP contribution in [0.15, 0.2) is 12.4 Å². The number of ether oxygens (including phenoxy) is 1. The van der Waals surface area contributed by atoms with Crippen LogP contribution < -0.4 is 10.1 Å². The maximum absolute atomic E-state index is 5.79. The molecule has 4 heteroatoms. The van der Waals surface area contributed by atoms with E-state index in [9.17, 15) is 0 Å². The summed E-state index contributed by atoms with van der Waals surface area (Å²) in [7, 11) is 0. The molecule has 98 valence electrons. The molecule has 17 heavy (non-hydrogen) atoms. The zero-order chi connectivity index (χ0) is 12.9. The standard InChI is InChI=1S/C13H25N3O/c1-6-7-16-10-12(9-15-16)17-11(2)8-14-13(3,4)5/h9-11,14H,6-8H2,1-5H3. The lowest BCUT2D eigenvalue weighted by Gasteiger charge is -2.23. The first kappa shape index (κ1) is 14.0. The van der Waals surface area contributed by atoms with Crippen molar-refractivity contribution in [2.45, 2.75) is 59.2 Å². The van der Waals surface area contributed by atoms with Gasteiger partial charge in [-0.1, -0.05) is 6.92 Å². The molecule has 0 aliphatic rings. The van der Waals surface area contributed by atoms with Gasteiger partial charge in [-0.3, -0.25) is 4.68 Å². The SMILES string of the molecule is CCCn1cc(OC(C)CNC(C)(C)C)cn1. The number of hydrogen-bond acceptors (Lipinski definition) is 3. The predicted octanol–water partition coefficient (Wildman–Crippen LogP) is 2.45. The molecule has 0 aliphatic carbocycles. The van der Waals surface area contributed by atoms with Crippen molar-refractivity contribution >= 4 is 0 Å². The van der Waals surface area contributed by atoms with Gasteiger partial charge in [0.1, 0.15) is 6.10 Å². The Morgan fingerprint density at radius 1 is 1.47 bits per heavy atom. The van der Waals surface area contributed by atoms with Crippen LogP contribution in [0.1, 0.15) is 41.0 Å². The minimum Gasteiger partial charge on any atom is -0.486 e. The molecule has 1 N–H and O–H groups in total. The second-order valence-electron chi connectivity index (χ2n) is 5.50. The van der Waals surface area contributed by atoms with Gasteiger partial charge in [0.05, 0.1) is 12.4 Å². The molecule has 0 aromatic carbocycles. The number of nitrogens with zero attached hydrogens (tertiary/aromatic N) is 2. The molecule has 1 heterocycles. The lowest BCUT2D eigenvalue weighted by atomic mass is 10.1. The average Bonchev–Trinajstić information content (AvgIpc) is 2.62. The highest BCUT2D eigenvalue weighted by Gasteiger charge is 2.12. The molecule has 4 nitrogen and oxygen atoms in total. The first-order valence-corrected chi connectivity index (χ1v) is 6.35. The van der Waals surface area contributed by atoms with Crippen LogP contribution in [0.2, 0.25) is 0 Å². The van der Waals surface area contributed by atoms with Gasteiger partial charge in [0.2, 0.25) is 0 Å². The average molecular weight is 239 g/mol. The third-order valence-corrected chi connectivity index (χ3v) is 2.32. The van der Waals surface area contributed by atoms with Crippen molar-refractivity contribution in [1.29, 1.82) is 0 Å². The molecule has 0 saturated heterocycles. The summed E-state index contributed by atoms with van der Waals surface area (Å²) in [4.78, 5) is 0. The Labute approximate surface area is 104 Å². The van der Waals surface area contributed by atoms with Crippen molar-refractivity contribution < 1.29 is 4.74 Å². The first-order chi connectivity index (χ1) is 7.90. The fraction of sp³-hybridized carbons (Fsp3) is 0.769. The smallest absolute Gasteiger partial charge is 0.157 e. The number of hydrogen-bond donors (Lipinski definition) is 1. The third-order valence-electron chi connectivity index (χ3n) is 2.32. The van der Waals surface area contributed by atoms with Crippen molar-refractivity contribution in [1.82, 2.24) is 15.1 Å². The molecule has 1 rings (SSSR count). The maximum atomic E-state index is 5.79. The van der Waals surface area contributed by atoms with Crippen molar-refractivity contribution in [3.05, 3.63) is 12.4 Å². The van der Waals surface area contributed by atoms with Crippen LogP contribution in [-0.4, -0.2) is 28.0 Å². The van der Waals surface area contributed by atoms with E-state index >= 15 is 0 Å². The highest BCUT2D eigenvalue weighted by atomic mass is 16.5. The summed E-state index contributed by atoms with van der Waals surface area (Å²) < 4.78 is 7.71. The van der Waals surface area contributed by atoms with Gasteiger partial charge in [-0.2, -0.15) is 5.10 Å². The lowest BCUT2D eigenvalue weighted by molar-refractivity contribution is 0.203. The molecule has 1 aromatic rings. The molecule has 0 spiro atoms. The molecule has 0 saturated carbocycles. The van der Waals surface area contributed by atoms with Crippen LogP contribution in [0.5, 0.6) is 5.75 Å². The minimum absolute atomic E-state index is 0.129. The van der Waals surface area contributed by atoms with Crippen LogP contribution in [-0.2, 0) is 6.54 Å². The normalized spacial score (nSPS) is 13.7. The van der Waals surface area contributed by atoms with E-state index in [4.69, 9.17) is 4.74 Å². The summed E-state index contributed by atoms with van der Waals surface area (Å²) in [6, 6.07) is 0. The van der Waals surface area contributed by atoms with Gasteiger partial charge >= 0.3 is 0 Å². The summed E-state index contributed by atoms with van der Waals surface area (Å²) in [5.41, 5.74) is 0.129. The Kier molecular flexibility index (Phi) is 5.00. The zero-order valence-electron chi connectivity index (χ0n) is 11.7. The Hall–Kier alpha value is -1.03. The van der Waals surface area contributed by atoms with Crippen LogP contribution in [0.3, 0.4) is 0 Å². The van der Waals surface area contributed by atoms with E-state index in [-0.39, 0.29) is 11.6 Å². The van der Waals surface area contributed by atoms with E-state index in [1.54, 1.807) is 6.20 Å². The topological polar surface area (TPSA) is 39.1 Å². The molecule has 1 aromatic heterocycles. The molecule has 0 amide bonds. The van der Waals surface area contributed by atoms with Gasteiger partial charge in [-0.05, 0) is 34.1 Å². The van der Waals surface area contributed by atoms with E-state index in [1.807, 2.05) is 10.9 Å². The van der Waals surface area contributed by atoms with E-state index in [2.05, 4.69) is 45.0 Å². The molecular formula is C13H25N3O. The summed E-state index contributed by atoms with van der Waals surface area (Å²) in [6.07, 6.45) is 4.97. The van der Waals surface area contributed by atoms with Gasteiger partial charge in [0.15, 0.2) is 5.75 Å². The third kappa shape index (κ3) is 5.73. The number of aromatic nitrogens is 2. The van der Waals surface area contributed by atoms with E-state index in [1.165, 1.54) is 0 Å². The Bertz CT molecular complexity index is 328. The molecule has 1 unspecified atom stereocenters. The van der Waals surface area contributed by atoms with E-state index in [0.717, 1.165) is 25.3 Å². The van der Waals surface area contributed by atoms with Gasteiger partial charge in [-0.15, -0.1) is 0 Å². The van der Waals surface area contributed by atoms with Gasteiger partial charge in [0.25, 0.3) is 0 Å². The van der Waals surface area contributed by atoms with E-state index in [0.29, 0.717) is 0 Å². The number of aryl methyl sites for hydroxylation is 1. The molecule has 0 aliphatic heterocycles. The summed E-state index contributed by atoms with van der Waals surface area (Å²) in [5, 5.41) is 7.66. The van der Waals surface area contributed by atoms with Crippen LogP contribution in [0.4, 0.5) is 0 Å². The highest BCUT2D eigenvalue weighted by Crippen LogP contribution is 2.11. The maximum Gasteiger partial charge on any atom is 0.157 e. The predicted molar refractivity (Wildman–Crippen MR) is 70.4 cm³/mol. The van der Waals surface area contributed by atoms with Gasteiger partial charge in [0, 0.05) is 18.6 Å². The second kappa shape index (κ2) is 6.05. The van der Waals surface area contributed by atoms with Gasteiger partial charge in [-0.25, -0.2) is 0 Å². The molecule has 0 bridgehead atoms. The van der Waals surface area contributed by atoms with E-state index < -0.39 is 0 Å². The molecule has 0 radical (unpaired) electrons. The largest absolute Gasteiger partial charge is 0.486 e. The zero-order valence-corrected chi connectivity index (χ0v) is 11.7. The fourth-order valence-electron chi connectivity index (χ4n) is 1.48. The van der Waals surface area contributed by atoms with Crippen LogP contribution in [0.25, 0.3) is 0 Å². The Morgan fingerprint density at radius 3 is 2.76 bits per heavy atom. The van der Waals surface area contributed by atoms with Crippen molar-refractivity contribution in [3.8, 4) is 5.75 Å².